The molecule has 15 heavy (non-hydrogen) atoms. The number of hydrogen-bond donors (Lipinski definition) is 1. The summed E-state index contributed by atoms with van der Waals surface area (Å²) in [6.07, 6.45) is 1.09. The van der Waals surface area contributed by atoms with E-state index in [1.807, 2.05) is 6.07 Å². The SMILES string of the molecule is CCC(C)COc1ccc(CO)cc1Cl. The summed E-state index contributed by atoms with van der Waals surface area (Å²) in [7, 11) is 0. The van der Waals surface area contributed by atoms with E-state index in [-0.39, 0.29) is 6.61 Å². The van der Waals surface area contributed by atoms with Crippen LogP contribution >= 0.6 is 11.6 Å². The average molecular weight is 229 g/mol. The third kappa shape index (κ3) is 3.73. The van der Waals surface area contributed by atoms with Gasteiger partial charge in [0.15, 0.2) is 0 Å². The van der Waals surface area contributed by atoms with Crippen LogP contribution in [-0.2, 0) is 6.61 Å². The molecule has 1 atom stereocenters. The second kappa shape index (κ2) is 5.99. The summed E-state index contributed by atoms with van der Waals surface area (Å²) in [6, 6.07) is 5.35. The average Bonchev–Trinajstić information content (AvgIpc) is 2.26. The first-order chi connectivity index (χ1) is 7.17. The van der Waals surface area contributed by atoms with Crippen LogP contribution in [0.4, 0.5) is 0 Å². The first-order valence-corrected chi connectivity index (χ1v) is 5.57. The van der Waals surface area contributed by atoms with Crippen molar-refractivity contribution in [3.05, 3.63) is 28.8 Å². The zero-order chi connectivity index (χ0) is 11.3. The van der Waals surface area contributed by atoms with Crippen LogP contribution in [0.15, 0.2) is 18.2 Å². The van der Waals surface area contributed by atoms with Gasteiger partial charge in [0, 0.05) is 0 Å². The Labute approximate surface area is 95.8 Å². The monoisotopic (exact) mass is 228 g/mol. The van der Waals surface area contributed by atoms with E-state index >= 15 is 0 Å². The van der Waals surface area contributed by atoms with Gasteiger partial charge >= 0.3 is 0 Å². The van der Waals surface area contributed by atoms with E-state index < -0.39 is 0 Å². The van der Waals surface area contributed by atoms with Gasteiger partial charge in [-0.2, -0.15) is 0 Å². The Kier molecular flexibility index (Phi) is 4.92. The zero-order valence-corrected chi connectivity index (χ0v) is 9.92. The molecule has 3 heteroatoms. The lowest BCUT2D eigenvalue weighted by Crippen LogP contribution is -2.07. The summed E-state index contributed by atoms with van der Waals surface area (Å²) in [6.45, 7) is 4.94. The van der Waals surface area contributed by atoms with E-state index in [1.54, 1.807) is 12.1 Å². The molecule has 0 amide bonds. The van der Waals surface area contributed by atoms with Gasteiger partial charge in [-0.25, -0.2) is 0 Å². The van der Waals surface area contributed by atoms with Gasteiger partial charge in [0.25, 0.3) is 0 Å². The van der Waals surface area contributed by atoms with Crippen LogP contribution in [0.25, 0.3) is 0 Å². The van der Waals surface area contributed by atoms with Gasteiger partial charge in [-0.1, -0.05) is 37.9 Å². The maximum atomic E-state index is 8.91. The quantitative estimate of drug-likeness (QED) is 0.838. The van der Waals surface area contributed by atoms with Gasteiger partial charge < -0.3 is 9.84 Å². The highest BCUT2D eigenvalue weighted by Crippen LogP contribution is 2.26. The zero-order valence-electron chi connectivity index (χ0n) is 9.16. The fourth-order valence-electron chi connectivity index (χ4n) is 1.11. The predicted octanol–water partition coefficient (Wildman–Crippen LogP) is 3.26. The molecular weight excluding hydrogens is 212 g/mol. The highest BCUT2D eigenvalue weighted by atomic mass is 35.5. The van der Waals surface area contributed by atoms with Crippen molar-refractivity contribution >= 4 is 11.6 Å². The van der Waals surface area contributed by atoms with Gasteiger partial charge in [-0.3, -0.25) is 0 Å². The summed E-state index contributed by atoms with van der Waals surface area (Å²) in [5.41, 5.74) is 0.802. The first kappa shape index (κ1) is 12.3. The van der Waals surface area contributed by atoms with E-state index in [2.05, 4.69) is 13.8 Å². The number of benzene rings is 1. The molecule has 0 aliphatic rings. The van der Waals surface area contributed by atoms with Crippen molar-refractivity contribution in [2.75, 3.05) is 6.61 Å². The van der Waals surface area contributed by atoms with Crippen molar-refractivity contribution in [1.29, 1.82) is 0 Å². The predicted molar refractivity (Wildman–Crippen MR) is 62.3 cm³/mol. The molecule has 1 unspecified atom stereocenters. The lowest BCUT2D eigenvalue weighted by molar-refractivity contribution is 0.256. The number of aliphatic hydroxyl groups excluding tert-OH is 1. The maximum absolute atomic E-state index is 8.91. The Morgan fingerprint density at radius 3 is 2.73 bits per heavy atom. The third-order valence-corrected chi connectivity index (χ3v) is 2.69. The third-order valence-electron chi connectivity index (χ3n) is 2.40. The molecule has 0 bridgehead atoms. The lowest BCUT2D eigenvalue weighted by Gasteiger charge is -2.12. The summed E-state index contributed by atoms with van der Waals surface area (Å²) >= 11 is 6.00. The minimum atomic E-state index is 0.00532. The molecule has 1 aromatic carbocycles. The molecule has 84 valence electrons. The molecule has 0 fully saturated rings. The molecule has 0 spiro atoms. The highest BCUT2D eigenvalue weighted by Gasteiger charge is 2.05. The molecule has 1 N–H and O–H groups in total. The van der Waals surface area contributed by atoms with Crippen molar-refractivity contribution in [3.63, 3.8) is 0 Å². The van der Waals surface area contributed by atoms with Crippen molar-refractivity contribution in [1.82, 2.24) is 0 Å². The topological polar surface area (TPSA) is 29.5 Å². The smallest absolute Gasteiger partial charge is 0.137 e. The van der Waals surface area contributed by atoms with E-state index in [1.165, 1.54) is 0 Å². The van der Waals surface area contributed by atoms with E-state index in [0.29, 0.717) is 23.3 Å². The second-order valence-corrected chi connectivity index (χ2v) is 4.15. The van der Waals surface area contributed by atoms with Gasteiger partial charge in [0.2, 0.25) is 0 Å². The number of hydrogen-bond acceptors (Lipinski definition) is 2. The van der Waals surface area contributed by atoms with Crippen molar-refractivity contribution in [3.8, 4) is 5.75 Å². The van der Waals surface area contributed by atoms with Gasteiger partial charge in [-0.05, 0) is 23.6 Å². The Hall–Kier alpha value is -0.730. The molecule has 0 radical (unpaired) electrons. The lowest BCUT2D eigenvalue weighted by atomic mass is 10.1. The van der Waals surface area contributed by atoms with Crippen molar-refractivity contribution in [2.45, 2.75) is 26.9 Å². The van der Waals surface area contributed by atoms with Crippen LogP contribution in [0.1, 0.15) is 25.8 Å². The molecule has 1 rings (SSSR count). The van der Waals surface area contributed by atoms with Gasteiger partial charge in [0.05, 0.1) is 18.2 Å². The van der Waals surface area contributed by atoms with Crippen LogP contribution in [-0.4, -0.2) is 11.7 Å². The number of halogens is 1. The van der Waals surface area contributed by atoms with Crippen LogP contribution in [0.2, 0.25) is 5.02 Å². The van der Waals surface area contributed by atoms with Crippen LogP contribution in [0.3, 0.4) is 0 Å². The standard InChI is InChI=1S/C12H17ClO2/c1-3-9(2)8-15-12-5-4-10(7-14)6-11(12)13/h4-6,9,14H,3,7-8H2,1-2H3. The van der Waals surface area contributed by atoms with Crippen LogP contribution in [0.5, 0.6) is 5.75 Å². The minimum Gasteiger partial charge on any atom is -0.492 e. The largest absolute Gasteiger partial charge is 0.492 e. The maximum Gasteiger partial charge on any atom is 0.137 e. The molecule has 0 aliphatic heterocycles. The van der Waals surface area contributed by atoms with Crippen LogP contribution < -0.4 is 4.74 Å². The summed E-state index contributed by atoms with van der Waals surface area (Å²) < 4.78 is 5.58. The fraction of sp³-hybridized carbons (Fsp3) is 0.500. The summed E-state index contributed by atoms with van der Waals surface area (Å²) in [4.78, 5) is 0. The van der Waals surface area contributed by atoms with Gasteiger partial charge in [-0.15, -0.1) is 0 Å². The van der Waals surface area contributed by atoms with E-state index in [9.17, 15) is 0 Å². The number of aliphatic hydroxyl groups is 1. The first-order valence-electron chi connectivity index (χ1n) is 5.19. The molecule has 1 aromatic rings. The van der Waals surface area contributed by atoms with E-state index in [4.69, 9.17) is 21.4 Å². The summed E-state index contributed by atoms with van der Waals surface area (Å²) in [5.74, 6) is 1.22. The molecule has 0 aliphatic carbocycles. The normalized spacial score (nSPS) is 12.5. The Morgan fingerprint density at radius 1 is 1.47 bits per heavy atom. The molecule has 0 saturated carbocycles. The Balaban J connectivity index is 2.62. The fourth-order valence-corrected chi connectivity index (χ4v) is 1.37. The van der Waals surface area contributed by atoms with Crippen molar-refractivity contribution < 1.29 is 9.84 Å². The number of rotatable bonds is 5. The molecule has 0 aromatic heterocycles. The molecule has 2 nitrogen and oxygen atoms in total. The Morgan fingerprint density at radius 2 is 2.20 bits per heavy atom. The van der Waals surface area contributed by atoms with E-state index in [0.717, 1.165) is 12.0 Å². The molecule has 0 heterocycles. The second-order valence-electron chi connectivity index (χ2n) is 3.75. The molecular formula is C12H17ClO2. The molecule has 0 saturated heterocycles. The van der Waals surface area contributed by atoms with Crippen LogP contribution in [0, 0.1) is 5.92 Å². The minimum absolute atomic E-state index is 0.00532. The Bertz CT molecular complexity index is 312. The van der Waals surface area contributed by atoms with Crippen molar-refractivity contribution in [2.24, 2.45) is 5.92 Å². The summed E-state index contributed by atoms with van der Waals surface area (Å²) in [5, 5.41) is 9.47. The highest BCUT2D eigenvalue weighted by molar-refractivity contribution is 6.32. The number of ether oxygens (including phenoxy) is 1. The van der Waals surface area contributed by atoms with Gasteiger partial charge in [0.1, 0.15) is 5.75 Å².